The Morgan fingerprint density at radius 2 is 1.77 bits per heavy atom. The highest BCUT2D eigenvalue weighted by Crippen LogP contribution is 2.24. The van der Waals surface area contributed by atoms with Gasteiger partial charge in [-0.2, -0.15) is 0 Å². The second-order valence-electron chi connectivity index (χ2n) is 3.81. The van der Waals surface area contributed by atoms with Gasteiger partial charge in [-0.1, -0.05) is 30.3 Å². The van der Waals surface area contributed by atoms with Crippen molar-refractivity contribution in [3.8, 4) is 0 Å². The molecular formula is C11H18N2. The number of hydrogen-bond donors (Lipinski definition) is 1. The lowest BCUT2D eigenvalue weighted by molar-refractivity contribution is 0.161. The maximum atomic E-state index is 5.62. The standard InChI is InChI=1S/C11H18N2/c1-11(2,13(3)9-12)10-7-5-4-6-8-10/h4-8H,9,12H2,1-3H3. The highest BCUT2D eigenvalue weighted by atomic mass is 15.2. The molecule has 0 aromatic heterocycles. The molecule has 0 heterocycles. The van der Waals surface area contributed by atoms with E-state index in [1.54, 1.807) is 0 Å². The number of hydrogen-bond acceptors (Lipinski definition) is 2. The highest BCUT2D eigenvalue weighted by molar-refractivity contribution is 5.22. The van der Waals surface area contributed by atoms with Crippen LogP contribution in [-0.4, -0.2) is 18.6 Å². The summed E-state index contributed by atoms with van der Waals surface area (Å²) >= 11 is 0. The lowest BCUT2D eigenvalue weighted by Gasteiger charge is -2.35. The molecule has 0 spiro atoms. The normalized spacial score (nSPS) is 12.1. The lowest BCUT2D eigenvalue weighted by Crippen LogP contribution is -2.41. The van der Waals surface area contributed by atoms with Crippen molar-refractivity contribution in [2.75, 3.05) is 13.7 Å². The van der Waals surface area contributed by atoms with Crippen LogP contribution in [0.4, 0.5) is 0 Å². The van der Waals surface area contributed by atoms with Crippen LogP contribution in [0, 0.1) is 0 Å². The van der Waals surface area contributed by atoms with Crippen molar-refractivity contribution < 1.29 is 0 Å². The predicted molar refractivity (Wildman–Crippen MR) is 56.3 cm³/mol. The second-order valence-corrected chi connectivity index (χ2v) is 3.81. The monoisotopic (exact) mass is 178 g/mol. The minimum Gasteiger partial charge on any atom is -0.318 e. The Morgan fingerprint density at radius 3 is 2.23 bits per heavy atom. The van der Waals surface area contributed by atoms with E-state index in [-0.39, 0.29) is 5.54 Å². The Labute approximate surface area is 80.4 Å². The number of nitrogens with two attached hydrogens (primary N) is 1. The molecule has 0 radical (unpaired) electrons. The van der Waals surface area contributed by atoms with Crippen LogP contribution < -0.4 is 5.73 Å². The zero-order valence-corrected chi connectivity index (χ0v) is 8.62. The molecule has 1 aromatic rings. The molecular weight excluding hydrogens is 160 g/mol. The number of rotatable bonds is 3. The molecule has 2 N–H and O–H groups in total. The van der Waals surface area contributed by atoms with Crippen LogP contribution in [0.25, 0.3) is 0 Å². The van der Waals surface area contributed by atoms with E-state index in [2.05, 4.69) is 43.0 Å². The van der Waals surface area contributed by atoms with E-state index in [1.807, 2.05) is 13.1 Å². The summed E-state index contributed by atoms with van der Waals surface area (Å²) < 4.78 is 0. The van der Waals surface area contributed by atoms with Crippen molar-refractivity contribution in [2.45, 2.75) is 19.4 Å². The van der Waals surface area contributed by atoms with Gasteiger partial charge in [0.25, 0.3) is 0 Å². The summed E-state index contributed by atoms with van der Waals surface area (Å²) in [5, 5.41) is 0. The molecule has 0 unspecified atom stereocenters. The van der Waals surface area contributed by atoms with Gasteiger partial charge in [-0.05, 0) is 26.5 Å². The Hall–Kier alpha value is -0.860. The van der Waals surface area contributed by atoms with Crippen LogP contribution in [0.3, 0.4) is 0 Å². The molecule has 2 heteroatoms. The van der Waals surface area contributed by atoms with E-state index in [1.165, 1.54) is 5.56 Å². The molecule has 0 fully saturated rings. The smallest absolute Gasteiger partial charge is 0.0460 e. The zero-order chi connectivity index (χ0) is 9.90. The summed E-state index contributed by atoms with van der Waals surface area (Å²) in [4.78, 5) is 2.13. The summed E-state index contributed by atoms with van der Waals surface area (Å²) in [5.74, 6) is 0. The van der Waals surface area contributed by atoms with Gasteiger partial charge in [-0.3, -0.25) is 4.90 Å². The number of benzene rings is 1. The Kier molecular flexibility index (Phi) is 3.07. The predicted octanol–water partition coefficient (Wildman–Crippen LogP) is 1.77. The molecule has 0 aliphatic rings. The lowest BCUT2D eigenvalue weighted by atomic mass is 9.93. The van der Waals surface area contributed by atoms with Crippen molar-refractivity contribution in [1.82, 2.24) is 4.90 Å². The van der Waals surface area contributed by atoms with E-state index in [0.717, 1.165) is 0 Å². The van der Waals surface area contributed by atoms with Crippen LogP contribution in [0.5, 0.6) is 0 Å². The van der Waals surface area contributed by atoms with E-state index in [4.69, 9.17) is 5.73 Å². The summed E-state index contributed by atoms with van der Waals surface area (Å²) in [6.07, 6.45) is 0. The molecule has 0 aliphatic heterocycles. The van der Waals surface area contributed by atoms with Gasteiger partial charge >= 0.3 is 0 Å². The summed E-state index contributed by atoms with van der Waals surface area (Å²) in [5.41, 5.74) is 6.93. The Balaban J connectivity index is 2.93. The Bertz CT molecular complexity index is 254. The molecule has 0 bridgehead atoms. The van der Waals surface area contributed by atoms with E-state index < -0.39 is 0 Å². The van der Waals surface area contributed by atoms with E-state index in [0.29, 0.717) is 6.67 Å². The third-order valence-corrected chi connectivity index (χ3v) is 2.71. The fourth-order valence-corrected chi connectivity index (χ4v) is 1.29. The molecule has 0 atom stereocenters. The third-order valence-electron chi connectivity index (χ3n) is 2.71. The van der Waals surface area contributed by atoms with Gasteiger partial charge in [-0.15, -0.1) is 0 Å². The average molecular weight is 178 g/mol. The van der Waals surface area contributed by atoms with E-state index >= 15 is 0 Å². The largest absolute Gasteiger partial charge is 0.318 e. The molecule has 72 valence electrons. The molecule has 2 nitrogen and oxygen atoms in total. The van der Waals surface area contributed by atoms with E-state index in [9.17, 15) is 0 Å². The van der Waals surface area contributed by atoms with Gasteiger partial charge in [0, 0.05) is 12.2 Å². The Morgan fingerprint density at radius 1 is 1.23 bits per heavy atom. The molecule has 0 saturated heterocycles. The third kappa shape index (κ3) is 2.08. The van der Waals surface area contributed by atoms with Crippen LogP contribution in [0.2, 0.25) is 0 Å². The van der Waals surface area contributed by atoms with Crippen LogP contribution in [0.15, 0.2) is 30.3 Å². The first-order chi connectivity index (χ1) is 6.09. The molecule has 0 saturated carbocycles. The minimum atomic E-state index is 0.00993. The molecule has 1 aromatic carbocycles. The van der Waals surface area contributed by atoms with Gasteiger partial charge in [0.15, 0.2) is 0 Å². The molecule has 1 rings (SSSR count). The maximum Gasteiger partial charge on any atom is 0.0460 e. The molecule has 0 amide bonds. The SMILES string of the molecule is CN(CN)C(C)(C)c1ccccc1. The van der Waals surface area contributed by atoms with Crippen LogP contribution >= 0.6 is 0 Å². The first-order valence-electron chi connectivity index (χ1n) is 4.56. The molecule has 0 aliphatic carbocycles. The van der Waals surface area contributed by atoms with Gasteiger partial charge in [-0.25, -0.2) is 0 Å². The first kappa shape index (κ1) is 10.2. The second kappa shape index (κ2) is 3.90. The van der Waals surface area contributed by atoms with Crippen LogP contribution in [-0.2, 0) is 5.54 Å². The summed E-state index contributed by atoms with van der Waals surface area (Å²) in [6.45, 7) is 4.92. The van der Waals surface area contributed by atoms with Gasteiger partial charge in [0.2, 0.25) is 0 Å². The highest BCUT2D eigenvalue weighted by Gasteiger charge is 2.23. The fraction of sp³-hybridized carbons (Fsp3) is 0.455. The number of nitrogens with zero attached hydrogens (tertiary/aromatic N) is 1. The van der Waals surface area contributed by atoms with Gasteiger partial charge in [0.1, 0.15) is 0 Å². The molecule has 13 heavy (non-hydrogen) atoms. The topological polar surface area (TPSA) is 29.3 Å². The first-order valence-corrected chi connectivity index (χ1v) is 4.56. The summed E-state index contributed by atoms with van der Waals surface area (Å²) in [6, 6.07) is 10.4. The van der Waals surface area contributed by atoms with Crippen molar-refractivity contribution >= 4 is 0 Å². The zero-order valence-electron chi connectivity index (χ0n) is 8.62. The van der Waals surface area contributed by atoms with Gasteiger partial charge < -0.3 is 5.73 Å². The van der Waals surface area contributed by atoms with Crippen molar-refractivity contribution in [1.29, 1.82) is 0 Å². The van der Waals surface area contributed by atoms with Crippen molar-refractivity contribution in [3.63, 3.8) is 0 Å². The average Bonchev–Trinajstić information content (AvgIpc) is 2.18. The van der Waals surface area contributed by atoms with Crippen LogP contribution in [0.1, 0.15) is 19.4 Å². The fourth-order valence-electron chi connectivity index (χ4n) is 1.29. The maximum absolute atomic E-state index is 5.62. The quantitative estimate of drug-likeness (QED) is 0.715. The minimum absolute atomic E-state index is 0.00993. The van der Waals surface area contributed by atoms with Crippen molar-refractivity contribution in [3.05, 3.63) is 35.9 Å². The van der Waals surface area contributed by atoms with Gasteiger partial charge in [0.05, 0.1) is 0 Å². The summed E-state index contributed by atoms with van der Waals surface area (Å²) in [7, 11) is 2.03. The van der Waals surface area contributed by atoms with Crippen molar-refractivity contribution in [2.24, 2.45) is 5.73 Å².